The van der Waals surface area contributed by atoms with Crippen molar-refractivity contribution in [3.05, 3.63) is 53.3 Å². The summed E-state index contributed by atoms with van der Waals surface area (Å²) in [5.74, 6) is -0.359. The third kappa shape index (κ3) is 3.56. The average Bonchev–Trinajstić information content (AvgIpc) is 3.05. The van der Waals surface area contributed by atoms with Crippen molar-refractivity contribution in [1.29, 1.82) is 0 Å². The molecular weight excluding hydrogens is 338 g/mol. The number of hydrogen-bond donors (Lipinski definition) is 1. The van der Waals surface area contributed by atoms with Crippen molar-refractivity contribution in [3.8, 4) is 11.3 Å². The van der Waals surface area contributed by atoms with E-state index in [9.17, 15) is 13.6 Å². The van der Waals surface area contributed by atoms with Crippen LogP contribution < -0.4 is 5.32 Å². The molecule has 0 spiro atoms. The highest BCUT2D eigenvalue weighted by atomic mass is 19.3. The van der Waals surface area contributed by atoms with Gasteiger partial charge in [0.1, 0.15) is 11.3 Å². The molecular formula is C19H20F2N4O. The van der Waals surface area contributed by atoms with Gasteiger partial charge in [0.25, 0.3) is 12.3 Å². The Labute approximate surface area is 150 Å². The van der Waals surface area contributed by atoms with Crippen molar-refractivity contribution >= 4 is 11.6 Å². The number of aryl methyl sites for hydroxylation is 1. The lowest BCUT2D eigenvalue weighted by atomic mass is 10.1. The second-order valence-corrected chi connectivity index (χ2v) is 6.14. The van der Waals surface area contributed by atoms with Gasteiger partial charge in [0, 0.05) is 12.1 Å². The first-order chi connectivity index (χ1) is 12.5. The lowest BCUT2D eigenvalue weighted by molar-refractivity contribution is 0.0954. The van der Waals surface area contributed by atoms with Gasteiger partial charge in [-0.2, -0.15) is 5.10 Å². The zero-order valence-electron chi connectivity index (χ0n) is 14.7. The Morgan fingerprint density at radius 1 is 1.27 bits per heavy atom. The van der Waals surface area contributed by atoms with Crippen LogP contribution in [0, 0.1) is 6.92 Å². The summed E-state index contributed by atoms with van der Waals surface area (Å²) in [5, 5.41) is 6.73. The topological polar surface area (TPSA) is 59.3 Å². The van der Waals surface area contributed by atoms with Crippen LogP contribution in [0.3, 0.4) is 0 Å². The number of halogens is 2. The van der Waals surface area contributed by atoms with E-state index >= 15 is 0 Å². The van der Waals surface area contributed by atoms with E-state index < -0.39 is 6.43 Å². The first-order valence-electron chi connectivity index (χ1n) is 8.53. The molecule has 0 atom stereocenters. The van der Waals surface area contributed by atoms with Crippen molar-refractivity contribution in [2.75, 3.05) is 6.54 Å². The normalized spacial score (nSPS) is 11.3. The molecule has 0 saturated heterocycles. The third-order valence-corrected chi connectivity index (χ3v) is 4.13. The largest absolute Gasteiger partial charge is 0.352 e. The number of rotatable bonds is 6. The predicted octanol–water partition coefficient (Wildman–Crippen LogP) is 4.17. The van der Waals surface area contributed by atoms with Gasteiger partial charge in [-0.15, -0.1) is 0 Å². The summed E-state index contributed by atoms with van der Waals surface area (Å²) in [6.07, 6.45) is 0.338. The molecule has 1 N–H and O–H groups in total. The molecule has 2 aromatic heterocycles. The van der Waals surface area contributed by atoms with Crippen LogP contribution in [-0.2, 0) is 0 Å². The summed E-state index contributed by atoms with van der Waals surface area (Å²) in [6, 6.07) is 8.73. The van der Waals surface area contributed by atoms with Crippen LogP contribution in [0.4, 0.5) is 8.78 Å². The summed E-state index contributed by atoms with van der Waals surface area (Å²) < 4.78 is 28.1. The number of nitrogens with one attached hydrogen (secondary N) is 1. The molecule has 0 aliphatic carbocycles. The fourth-order valence-electron chi connectivity index (χ4n) is 2.65. The first-order valence-corrected chi connectivity index (χ1v) is 8.53. The highest BCUT2D eigenvalue weighted by Gasteiger charge is 2.21. The van der Waals surface area contributed by atoms with E-state index in [1.807, 2.05) is 38.1 Å². The van der Waals surface area contributed by atoms with Crippen LogP contribution in [-0.4, -0.2) is 27.0 Å². The second kappa shape index (κ2) is 7.59. The smallest absolute Gasteiger partial charge is 0.280 e. The van der Waals surface area contributed by atoms with Gasteiger partial charge < -0.3 is 5.32 Å². The van der Waals surface area contributed by atoms with Crippen LogP contribution in [0.5, 0.6) is 0 Å². The maximum absolute atomic E-state index is 13.5. The predicted molar refractivity (Wildman–Crippen MR) is 95.4 cm³/mol. The molecule has 136 valence electrons. The summed E-state index contributed by atoms with van der Waals surface area (Å²) in [6.45, 7) is 4.48. The molecule has 0 saturated carbocycles. The fraction of sp³-hybridized carbons (Fsp3) is 0.316. The van der Waals surface area contributed by atoms with Gasteiger partial charge in [0.15, 0.2) is 5.65 Å². The second-order valence-electron chi connectivity index (χ2n) is 6.14. The average molecular weight is 358 g/mol. The Balaban J connectivity index is 2.09. The lowest BCUT2D eigenvalue weighted by Crippen LogP contribution is -2.24. The number of fused-ring (bicyclic) bond motifs is 1. The molecule has 0 radical (unpaired) electrons. The molecule has 2 heterocycles. The highest BCUT2D eigenvalue weighted by Crippen LogP contribution is 2.27. The molecule has 7 heteroatoms. The van der Waals surface area contributed by atoms with E-state index in [2.05, 4.69) is 15.4 Å². The number of carbonyl (C=O) groups excluding carboxylic acids is 1. The van der Waals surface area contributed by atoms with E-state index in [1.165, 1.54) is 12.3 Å². The minimum absolute atomic E-state index is 0.132. The Bertz CT molecular complexity index is 919. The number of aromatic nitrogens is 3. The number of alkyl halides is 2. The van der Waals surface area contributed by atoms with Gasteiger partial charge in [0.05, 0.1) is 11.9 Å². The Morgan fingerprint density at radius 3 is 2.65 bits per heavy atom. The van der Waals surface area contributed by atoms with E-state index in [0.29, 0.717) is 17.8 Å². The van der Waals surface area contributed by atoms with Crippen molar-refractivity contribution in [2.24, 2.45) is 0 Å². The fourth-order valence-corrected chi connectivity index (χ4v) is 2.65. The van der Waals surface area contributed by atoms with Gasteiger partial charge in [-0.05, 0) is 19.4 Å². The monoisotopic (exact) mass is 358 g/mol. The Kier molecular flexibility index (Phi) is 5.25. The molecule has 1 aromatic carbocycles. The van der Waals surface area contributed by atoms with Gasteiger partial charge in [-0.3, -0.25) is 4.79 Å². The van der Waals surface area contributed by atoms with Gasteiger partial charge in [-0.25, -0.2) is 18.3 Å². The number of amides is 1. The molecule has 3 aromatic rings. The highest BCUT2D eigenvalue weighted by molar-refractivity contribution is 5.99. The third-order valence-electron chi connectivity index (χ3n) is 4.13. The van der Waals surface area contributed by atoms with Crippen molar-refractivity contribution in [2.45, 2.75) is 33.1 Å². The number of carbonyl (C=O) groups is 1. The van der Waals surface area contributed by atoms with Crippen molar-refractivity contribution in [1.82, 2.24) is 19.9 Å². The zero-order chi connectivity index (χ0) is 18.7. The number of hydrogen-bond acceptors (Lipinski definition) is 3. The van der Waals surface area contributed by atoms with E-state index in [-0.39, 0.29) is 22.8 Å². The SMILES string of the molecule is CCCCNC(=O)c1cnn2c(C(F)F)cc(-c3ccc(C)cc3)nc12. The summed E-state index contributed by atoms with van der Waals surface area (Å²) in [4.78, 5) is 16.8. The maximum Gasteiger partial charge on any atom is 0.280 e. The van der Waals surface area contributed by atoms with E-state index in [1.54, 1.807) is 0 Å². The standard InChI is InChI=1S/C19H20F2N4O/c1-3-4-9-22-19(26)14-11-23-25-16(17(20)21)10-15(24-18(14)25)13-7-5-12(2)6-8-13/h5-8,10-11,17H,3-4,9H2,1-2H3,(H,22,26). The van der Waals surface area contributed by atoms with Crippen LogP contribution in [0.15, 0.2) is 36.5 Å². The molecule has 26 heavy (non-hydrogen) atoms. The summed E-state index contributed by atoms with van der Waals surface area (Å²) in [5.41, 5.74) is 2.18. The number of unbranched alkanes of at least 4 members (excludes halogenated alkanes) is 1. The van der Waals surface area contributed by atoms with Gasteiger partial charge in [-0.1, -0.05) is 43.2 Å². The molecule has 0 unspecified atom stereocenters. The molecule has 3 rings (SSSR count). The summed E-state index contributed by atoms with van der Waals surface area (Å²) >= 11 is 0. The van der Waals surface area contributed by atoms with Gasteiger partial charge in [0.2, 0.25) is 0 Å². The van der Waals surface area contributed by atoms with Crippen molar-refractivity contribution in [3.63, 3.8) is 0 Å². The molecule has 0 fully saturated rings. The quantitative estimate of drug-likeness (QED) is 0.673. The maximum atomic E-state index is 13.5. The zero-order valence-corrected chi connectivity index (χ0v) is 14.7. The molecule has 0 aliphatic rings. The van der Waals surface area contributed by atoms with Gasteiger partial charge >= 0.3 is 0 Å². The first kappa shape index (κ1) is 18.0. The molecule has 0 aliphatic heterocycles. The van der Waals surface area contributed by atoms with Crippen LogP contribution in [0.2, 0.25) is 0 Å². The molecule has 5 nitrogen and oxygen atoms in total. The Morgan fingerprint density at radius 2 is 2.00 bits per heavy atom. The number of nitrogens with zero attached hydrogens (tertiary/aromatic N) is 3. The number of benzene rings is 1. The van der Waals surface area contributed by atoms with Crippen molar-refractivity contribution < 1.29 is 13.6 Å². The minimum atomic E-state index is -2.74. The Hall–Kier alpha value is -2.83. The van der Waals surface area contributed by atoms with Crippen LogP contribution in [0.1, 0.15) is 47.8 Å². The van der Waals surface area contributed by atoms with Crippen LogP contribution >= 0.6 is 0 Å². The lowest BCUT2D eigenvalue weighted by Gasteiger charge is -2.09. The molecule has 1 amide bonds. The summed E-state index contributed by atoms with van der Waals surface area (Å²) in [7, 11) is 0. The minimum Gasteiger partial charge on any atom is -0.352 e. The van der Waals surface area contributed by atoms with Crippen LogP contribution in [0.25, 0.3) is 16.9 Å². The van der Waals surface area contributed by atoms with E-state index in [4.69, 9.17) is 0 Å². The van der Waals surface area contributed by atoms with E-state index in [0.717, 1.165) is 22.9 Å². The molecule has 0 bridgehead atoms.